The number of carbonyl (C=O) groups is 3. The number of hydrogen-bond donors (Lipinski definition) is 1. The molecule has 0 fully saturated rings. The molecule has 0 radical (unpaired) electrons. The van der Waals surface area contributed by atoms with E-state index in [1.54, 1.807) is 14.0 Å². The van der Waals surface area contributed by atoms with Crippen LogP contribution in [0.25, 0.3) is 0 Å². The second-order valence-electron chi connectivity index (χ2n) is 4.87. The normalized spacial score (nSPS) is 12.1. The summed E-state index contributed by atoms with van der Waals surface area (Å²) in [4.78, 5) is 38.2. The minimum Gasteiger partial charge on any atom is -0.353 e. The topological polar surface area (TPSA) is 69.7 Å². The summed E-state index contributed by atoms with van der Waals surface area (Å²) in [5, 5.41) is 2.75. The number of nitrogens with one attached hydrogen (secondary N) is 1. The molecule has 0 aliphatic carbocycles. The molecule has 6 nitrogen and oxygen atoms in total. The number of hydrogen-bond acceptors (Lipinski definition) is 4. The molecule has 0 bridgehead atoms. The van der Waals surface area contributed by atoms with Crippen molar-refractivity contribution in [2.45, 2.75) is 32.7 Å². The molecule has 0 aromatic rings. The van der Waals surface area contributed by atoms with E-state index >= 15 is 0 Å². The lowest BCUT2D eigenvalue weighted by Gasteiger charge is -2.26. The predicted octanol–water partition coefficient (Wildman–Crippen LogP) is -0.120. The Bertz CT molecular complexity index is 329. The van der Waals surface area contributed by atoms with Gasteiger partial charge < -0.3 is 15.1 Å². The lowest BCUT2D eigenvalue weighted by atomic mass is 10.1. The van der Waals surface area contributed by atoms with Crippen molar-refractivity contribution in [1.29, 1.82) is 0 Å². The molecule has 1 atom stereocenters. The van der Waals surface area contributed by atoms with Gasteiger partial charge in [-0.05, 0) is 21.0 Å². The van der Waals surface area contributed by atoms with Crippen molar-refractivity contribution < 1.29 is 14.4 Å². The number of amides is 2. The van der Waals surface area contributed by atoms with Gasteiger partial charge in [0.25, 0.3) is 0 Å². The molecule has 6 heteroatoms. The molecule has 0 aliphatic heterocycles. The first-order chi connectivity index (χ1) is 8.79. The smallest absolute Gasteiger partial charge is 0.243 e. The Morgan fingerprint density at radius 2 is 1.74 bits per heavy atom. The molecule has 0 saturated heterocycles. The molecule has 0 spiro atoms. The first kappa shape index (κ1) is 17.6. The zero-order valence-electron chi connectivity index (χ0n) is 12.5. The van der Waals surface area contributed by atoms with Crippen molar-refractivity contribution in [3.63, 3.8) is 0 Å². The Morgan fingerprint density at radius 3 is 2.16 bits per heavy atom. The van der Waals surface area contributed by atoms with Crippen LogP contribution in [-0.2, 0) is 14.4 Å². The molecule has 0 aromatic heterocycles. The molecule has 0 saturated carbocycles. The Hall–Kier alpha value is -1.43. The van der Waals surface area contributed by atoms with Gasteiger partial charge in [0.1, 0.15) is 11.8 Å². The maximum atomic E-state index is 12.0. The largest absolute Gasteiger partial charge is 0.353 e. The summed E-state index contributed by atoms with van der Waals surface area (Å²) in [6.45, 7) is 4.36. The highest BCUT2D eigenvalue weighted by atomic mass is 16.2. The summed E-state index contributed by atoms with van der Waals surface area (Å²) in [6.07, 6.45) is 0.367. The van der Waals surface area contributed by atoms with E-state index in [0.717, 1.165) is 0 Å². The molecule has 110 valence electrons. The van der Waals surface area contributed by atoms with Gasteiger partial charge in [0.2, 0.25) is 11.8 Å². The van der Waals surface area contributed by atoms with Gasteiger partial charge in [0.05, 0.1) is 0 Å². The van der Waals surface area contributed by atoms with E-state index in [0.29, 0.717) is 19.5 Å². The van der Waals surface area contributed by atoms with Crippen LogP contribution >= 0.6 is 0 Å². The fraction of sp³-hybridized carbons (Fsp3) is 0.769. The minimum absolute atomic E-state index is 0.0516. The average molecular weight is 271 g/mol. The maximum Gasteiger partial charge on any atom is 0.243 e. The summed E-state index contributed by atoms with van der Waals surface area (Å²) in [6, 6.07) is -0.716. The van der Waals surface area contributed by atoms with Crippen molar-refractivity contribution in [3.05, 3.63) is 0 Å². The van der Waals surface area contributed by atoms with Crippen LogP contribution < -0.4 is 5.32 Å². The monoisotopic (exact) mass is 271 g/mol. The Morgan fingerprint density at radius 1 is 1.16 bits per heavy atom. The van der Waals surface area contributed by atoms with E-state index in [1.165, 1.54) is 11.8 Å². The maximum absolute atomic E-state index is 12.0. The molecular formula is C13H25N3O3. The van der Waals surface area contributed by atoms with Crippen LogP contribution in [0.4, 0.5) is 0 Å². The van der Waals surface area contributed by atoms with E-state index in [1.807, 2.05) is 19.0 Å². The summed E-state index contributed by atoms with van der Waals surface area (Å²) in [5.41, 5.74) is 0. The summed E-state index contributed by atoms with van der Waals surface area (Å²) >= 11 is 0. The highest BCUT2D eigenvalue weighted by Crippen LogP contribution is 2.05. The van der Waals surface area contributed by atoms with Gasteiger partial charge in [-0.2, -0.15) is 0 Å². The van der Waals surface area contributed by atoms with Crippen molar-refractivity contribution in [3.8, 4) is 0 Å². The van der Waals surface area contributed by atoms with E-state index < -0.39 is 6.04 Å². The second-order valence-corrected chi connectivity index (χ2v) is 4.87. The van der Waals surface area contributed by atoms with E-state index in [2.05, 4.69) is 5.32 Å². The third-order valence-corrected chi connectivity index (χ3v) is 2.81. The third kappa shape index (κ3) is 6.91. The lowest BCUT2D eigenvalue weighted by molar-refractivity contribution is -0.140. The van der Waals surface area contributed by atoms with Gasteiger partial charge in [-0.15, -0.1) is 0 Å². The number of rotatable bonds is 8. The predicted molar refractivity (Wildman–Crippen MR) is 73.7 cm³/mol. The number of likely N-dealkylation sites (N-methyl/N-ethyl adjacent to an activating group) is 2. The van der Waals surface area contributed by atoms with Crippen molar-refractivity contribution >= 4 is 17.6 Å². The van der Waals surface area contributed by atoms with E-state index in [4.69, 9.17) is 0 Å². The molecule has 0 aliphatic rings. The van der Waals surface area contributed by atoms with Gasteiger partial charge in [-0.1, -0.05) is 6.92 Å². The molecule has 19 heavy (non-hydrogen) atoms. The van der Waals surface area contributed by atoms with E-state index in [9.17, 15) is 14.4 Å². The van der Waals surface area contributed by atoms with E-state index in [-0.39, 0.29) is 24.0 Å². The fourth-order valence-corrected chi connectivity index (χ4v) is 1.62. The van der Waals surface area contributed by atoms with Crippen LogP contribution in [0, 0.1) is 0 Å². The number of ketones is 1. The Kier molecular flexibility index (Phi) is 7.98. The van der Waals surface area contributed by atoms with Gasteiger partial charge in [-0.25, -0.2) is 0 Å². The summed E-state index contributed by atoms with van der Waals surface area (Å²) in [7, 11) is 5.38. The van der Waals surface area contributed by atoms with Crippen LogP contribution in [0.3, 0.4) is 0 Å². The summed E-state index contributed by atoms with van der Waals surface area (Å²) in [5.74, 6) is -0.529. The first-order valence-corrected chi connectivity index (χ1v) is 6.47. The standard InChI is InChI=1S/C13H25N3O3/c1-6-12(18)16(5)11(9-10(2)17)13(19)14-7-8-15(3)4/h11H,6-9H2,1-5H3,(H,14,19). The molecular weight excluding hydrogens is 246 g/mol. The quantitative estimate of drug-likeness (QED) is 0.668. The molecule has 0 aromatic carbocycles. The Balaban J connectivity index is 4.60. The SMILES string of the molecule is CCC(=O)N(C)C(CC(C)=O)C(=O)NCCN(C)C. The van der Waals surface area contributed by atoms with Crippen LogP contribution in [0.15, 0.2) is 0 Å². The zero-order chi connectivity index (χ0) is 15.0. The highest BCUT2D eigenvalue weighted by molar-refractivity contribution is 5.91. The van der Waals surface area contributed by atoms with Gasteiger partial charge >= 0.3 is 0 Å². The van der Waals surface area contributed by atoms with Crippen LogP contribution in [0.1, 0.15) is 26.7 Å². The molecule has 0 heterocycles. The summed E-state index contributed by atoms with van der Waals surface area (Å²) < 4.78 is 0. The van der Waals surface area contributed by atoms with Crippen LogP contribution in [0.2, 0.25) is 0 Å². The van der Waals surface area contributed by atoms with Crippen LogP contribution in [0.5, 0.6) is 0 Å². The van der Waals surface area contributed by atoms with Crippen LogP contribution in [-0.4, -0.2) is 67.7 Å². The Labute approximate surface area is 115 Å². The van der Waals surface area contributed by atoms with Gasteiger partial charge in [0, 0.05) is 33.0 Å². The number of nitrogens with zero attached hydrogens (tertiary/aromatic N) is 2. The number of carbonyl (C=O) groups excluding carboxylic acids is 3. The van der Waals surface area contributed by atoms with Gasteiger partial charge in [0.15, 0.2) is 0 Å². The molecule has 0 rings (SSSR count). The first-order valence-electron chi connectivity index (χ1n) is 6.47. The molecule has 1 N–H and O–H groups in total. The average Bonchev–Trinajstić information content (AvgIpc) is 2.33. The van der Waals surface area contributed by atoms with Crippen molar-refractivity contribution in [2.24, 2.45) is 0 Å². The van der Waals surface area contributed by atoms with Gasteiger partial charge in [-0.3, -0.25) is 14.4 Å². The number of Topliss-reactive ketones (excluding diaryl/α,β-unsaturated/α-hetero) is 1. The lowest BCUT2D eigenvalue weighted by Crippen LogP contribution is -2.49. The third-order valence-electron chi connectivity index (χ3n) is 2.81. The van der Waals surface area contributed by atoms with Crippen molar-refractivity contribution in [1.82, 2.24) is 15.1 Å². The second kappa shape index (κ2) is 8.63. The fourth-order valence-electron chi connectivity index (χ4n) is 1.62. The molecule has 2 amide bonds. The van der Waals surface area contributed by atoms with Crippen molar-refractivity contribution in [2.75, 3.05) is 34.2 Å². The minimum atomic E-state index is -0.716. The molecule has 1 unspecified atom stereocenters. The highest BCUT2D eigenvalue weighted by Gasteiger charge is 2.27. The zero-order valence-corrected chi connectivity index (χ0v) is 12.5.